The number of likely N-dealkylation sites (N-methyl/N-ethyl adjacent to an activating group) is 1. The van der Waals surface area contributed by atoms with E-state index in [4.69, 9.17) is 0 Å². The summed E-state index contributed by atoms with van der Waals surface area (Å²) in [5.74, 6) is 1.03. The van der Waals surface area contributed by atoms with E-state index < -0.39 is 0 Å². The molecule has 1 saturated carbocycles. The zero-order valence-corrected chi connectivity index (χ0v) is 16.2. The van der Waals surface area contributed by atoms with E-state index in [2.05, 4.69) is 39.1 Å². The maximum absolute atomic E-state index is 12.6. The average molecular weight is 341 g/mol. The van der Waals surface area contributed by atoms with Crippen molar-refractivity contribution in [3.63, 3.8) is 0 Å². The highest BCUT2D eigenvalue weighted by molar-refractivity contribution is 6.19. The lowest BCUT2D eigenvalue weighted by molar-refractivity contribution is -0.116. The Bertz CT molecular complexity index is 699. The Hall–Kier alpha value is -1.64. The first-order chi connectivity index (χ1) is 11.7. The molecule has 1 N–H and O–H groups in total. The van der Waals surface area contributed by atoms with E-state index in [1.807, 2.05) is 0 Å². The van der Waals surface area contributed by atoms with Crippen LogP contribution in [0.3, 0.4) is 0 Å². The predicted molar refractivity (Wildman–Crippen MR) is 101 cm³/mol. The monoisotopic (exact) mass is 341 g/mol. The Morgan fingerprint density at radius 3 is 2.56 bits per heavy atom. The van der Waals surface area contributed by atoms with Crippen LogP contribution in [-0.4, -0.2) is 18.6 Å². The normalized spacial score (nSPS) is 38.5. The van der Waals surface area contributed by atoms with Crippen LogP contribution in [0.2, 0.25) is 0 Å². The van der Waals surface area contributed by atoms with Gasteiger partial charge in [-0.1, -0.05) is 32.4 Å². The average Bonchev–Trinajstić information content (AvgIpc) is 2.57. The molecule has 3 heteroatoms. The summed E-state index contributed by atoms with van der Waals surface area (Å²) in [7, 11) is 1.68. The first-order valence-corrected chi connectivity index (χ1v) is 9.58. The Kier molecular flexibility index (Phi) is 4.55. The van der Waals surface area contributed by atoms with Crippen molar-refractivity contribution in [2.75, 3.05) is 7.05 Å². The van der Waals surface area contributed by atoms with Crippen LogP contribution in [0, 0.1) is 22.7 Å². The number of hydrogen-bond donors (Lipinski definition) is 1. The summed E-state index contributed by atoms with van der Waals surface area (Å²) in [6.45, 7) is 9.37. The van der Waals surface area contributed by atoms with Gasteiger partial charge in [0.25, 0.3) is 0 Å². The fraction of sp³-hybridized carbons (Fsp3) is 0.636. The molecule has 0 bridgehead atoms. The molecule has 0 aromatic rings. The lowest BCUT2D eigenvalue weighted by atomic mass is 9.46. The quantitative estimate of drug-likeness (QED) is 0.613. The van der Waals surface area contributed by atoms with Gasteiger partial charge in [-0.3, -0.25) is 9.59 Å². The molecule has 25 heavy (non-hydrogen) atoms. The van der Waals surface area contributed by atoms with Gasteiger partial charge in [-0.25, -0.2) is 0 Å². The van der Waals surface area contributed by atoms with Gasteiger partial charge in [-0.05, 0) is 67.8 Å². The van der Waals surface area contributed by atoms with E-state index >= 15 is 0 Å². The largest absolute Gasteiger partial charge is 0.385 e. The SMILES string of the molecule is CNC1=CC(=O)C(C[C@]2(C)[C@@H](C)CC[C@]3(C)C(C)=CCC[C@@H]23)=CC1=O. The van der Waals surface area contributed by atoms with E-state index in [1.54, 1.807) is 13.1 Å². The maximum atomic E-state index is 12.6. The topological polar surface area (TPSA) is 46.2 Å². The summed E-state index contributed by atoms with van der Waals surface area (Å²) in [6.07, 6.45) is 10.9. The summed E-state index contributed by atoms with van der Waals surface area (Å²) in [4.78, 5) is 24.8. The lowest BCUT2D eigenvalue weighted by Gasteiger charge is -2.58. The Labute approximate surface area is 151 Å². The van der Waals surface area contributed by atoms with Crippen LogP contribution in [-0.2, 0) is 9.59 Å². The lowest BCUT2D eigenvalue weighted by Crippen LogP contribution is -2.50. The summed E-state index contributed by atoms with van der Waals surface area (Å²) < 4.78 is 0. The van der Waals surface area contributed by atoms with E-state index in [-0.39, 0.29) is 22.4 Å². The van der Waals surface area contributed by atoms with Crippen LogP contribution < -0.4 is 5.32 Å². The number of fused-ring (bicyclic) bond motifs is 1. The van der Waals surface area contributed by atoms with E-state index in [1.165, 1.54) is 30.9 Å². The number of nitrogens with one attached hydrogen (secondary N) is 1. The van der Waals surface area contributed by atoms with Crippen molar-refractivity contribution in [1.29, 1.82) is 0 Å². The molecule has 3 aliphatic rings. The Morgan fingerprint density at radius 2 is 1.88 bits per heavy atom. The smallest absolute Gasteiger partial charge is 0.202 e. The minimum absolute atomic E-state index is 0.00674. The number of allylic oxidation sites excluding steroid dienone is 5. The molecule has 0 aromatic heterocycles. The molecular formula is C22H31NO2. The van der Waals surface area contributed by atoms with Crippen molar-refractivity contribution >= 4 is 11.6 Å². The third-order valence-corrected chi connectivity index (χ3v) is 7.60. The van der Waals surface area contributed by atoms with E-state index in [0.717, 1.165) is 6.42 Å². The number of hydrogen-bond acceptors (Lipinski definition) is 3. The van der Waals surface area contributed by atoms with Crippen LogP contribution >= 0.6 is 0 Å². The van der Waals surface area contributed by atoms with Gasteiger partial charge in [0, 0.05) is 18.7 Å². The van der Waals surface area contributed by atoms with Crippen LogP contribution in [0.1, 0.15) is 59.8 Å². The van der Waals surface area contributed by atoms with Gasteiger partial charge < -0.3 is 5.32 Å². The molecule has 0 aromatic carbocycles. The van der Waals surface area contributed by atoms with Gasteiger partial charge in [-0.15, -0.1) is 0 Å². The molecule has 0 spiro atoms. The predicted octanol–water partition coefficient (Wildman–Crippen LogP) is 4.36. The second kappa shape index (κ2) is 6.26. The highest BCUT2D eigenvalue weighted by Gasteiger charge is 2.53. The fourth-order valence-corrected chi connectivity index (χ4v) is 5.55. The van der Waals surface area contributed by atoms with Crippen molar-refractivity contribution in [1.82, 2.24) is 5.32 Å². The maximum Gasteiger partial charge on any atom is 0.202 e. The van der Waals surface area contributed by atoms with Crippen molar-refractivity contribution in [2.45, 2.75) is 59.8 Å². The summed E-state index contributed by atoms with van der Waals surface area (Å²) >= 11 is 0. The van der Waals surface area contributed by atoms with Crippen LogP contribution in [0.5, 0.6) is 0 Å². The zero-order chi connectivity index (χ0) is 18.4. The van der Waals surface area contributed by atoms with E-state index in [0.29, 0.717) is 29.5 Å². The van der Waals surface area contributed by atoms with Gasteiger partial charge in [0.15, 0.2) is 5.78 Å². The van der Waals surface area contributed by atoms with Crippen molar-refractivity contribution in [3.05, 3.63) is 35.1 Å². The number of carbonyl (C=O) groups is 2. The third-order valence-electron chi connectivity index (χ3n) is 7.60. The van der Waals surface area contributed by atoms with Crippen molar-refractivity contribution in [2.24, 2.45) is 22.7 Å². The first kappa shape index (κ1) is 18.2. The van der Waals surface area contributed by atoms with Crippen molar-refractivity contribution < 1.29 is 9.59 Å². The molecule has 1 fully saturated rings. The number of rotatable bonds is 3. The number of carbonyl (C=O) groups excluding carboxylic acids is 2. The highest BCUT2D eigenvalue weighted by atomic mass is 16.1. The summed E-state index contributed by atoms with van der Waals surface area (Å²) in [6, 6.07) is 0. The molecule has 3 nitrogen and oxygen atoms in total. The molecule has 0 saturated heterocycles. The highest BCUT2D eigenvalue weighted by Crippen LogP contribution is 2.62. The van der Waals surface area contributed by atoms with E-state index in [9.17, 15) is 9.59 Å². The molecule has 3 aliphatic carbocycles. The zero-order valence-electron chi connectivity index (χ0n) is 16.2. The molecule has 0 aliphatic heterocycles. The second-order valence-corrected chi connectivity index (χ2v) is 8.76. The molecule has 0 amide bonds. The minimum Gasteiger partial charge on any atom is -0.385 e. The molecule has 0 heterocycles. The fourth-order valence-electron chi connectivity index (χ4n) is 5.55. The molecule has 3 rings (SSSR count). The van der Waals surface area contributed by atoms with Gasteiger partial charge in [0.1, 0.15) is 0 Å². The summed E-state index contributed by atoms with van der Waals surface area (Å²) in [5.41, 5.74) is 2.88. The van der Waals surface area contributed by atoms with Crippen LogP contribution in [0.25, 0.3) is 0 Å². The Balaban J connectivity index is 1.94. The number of ketones is 2. The molecule has 0 unspecified atom stereocenters. The second-order valence-electron chi connectivity index (χ2n) is 8.76. The molecular weight excluding hydrogens is 310 g/mol. The van der Waals surface area contributed by atoms with Crippen LogP contribution in [0.15, 0.2) is 35.1 Å². The third kappa shape index (κ3) is 2.82. The minimum atomic E-state index is -0.0772. The van der Waals surface area contributed by atoms with Crippen molar-refractivity contribution in [3.8, 4) is 0 Å². The standard InChI is InChI=1S/C22H31NO2/c1-14-7-6-8-20-21(14,3)10-9-15(2)22(20,4)13-16-11-19(25)17(23-5)12-18(16)24/h7,11-12,15,20,23H,6,8-10,13H2,1-5H3/t15-,20+,21+,22+/m0/s1. The molecule has 136 valence electrons. The van der Waals surface area contributed by atoms with Gasteiger partial charge in [0.05, 0.1) is 5.70 Å². The first-order valence-electron chi connectivity index (χ1n) is 9.58. The summed E-state index contributed by atoms with van der Waals surface area (Å²) in [5, 5.41) is 2.82. The van der Waals surface area contributed by atoms with Gasteiger partial charge in [0.2, 0.25) is 5.78 Å². The Morgan fingerprint density at radius 1 is 1.16 bits per heavy atom. The molecule has 0 radical (unpaired) electrons. The molecule has 4 atom stereocenters. The van der Waals surface area contributed by atoms with Crippen LogP contribution in [0.4, 0.5) is 0 Å². The van der Waals surface area contributed by atoms with Gasteiger partial charge >= 0.3 is 0 Å². The van der Waals surface area contributed by atoms with Gasteiger partial charge in [-0.2, -0.15) is 0 Å².